The molecule has 2 rings (SSSR count). The minimum absolute atomic E-state index is 0.827. The van der Waals surface area contributed by atoms with E-state index < -0.39 is 0 Å². The average molecular weight is 274 g/mol. The maximum Gasteiger partial charge on any atom is 0.0236 e. The smallest absolute Gasteiger partial charge is 0.0236 e. The van der Waals surface area contributed by atoms with E-state index in [0.29, 0.717) is 0 Å². The molecule has 0 saturated heterocycles. The molecular formula is C18H30N2. The summed E-state index contributed by atoms with van der Waals surface area (Å²) < 4.78 is 0. The maximum absolute atomic E-state index is 3.38. The molecule has 0 spiro atoms. The topological polar surface area (TPSA) is 15.3 Å². The van der Waals surface area contributed by atoms with Crippen LogP contribution in [0.5, 0.6) is 0 Å². The van der Waals surface area contributed by atoms with Gasteiger partial charge in [-0.25, -0.2) is 0 Å². The van der Waals surface area contributed by atoms with Crippen LogP contribution in [-0.4, -0.2) is 30.6 Å². The molecule has 0 atom stereocenters. The molecule has 2 nitrogen and oxygen atoms in total. The van der Waals surface area contributed by atoms with Gasteiger partial charge in [0.25, 0.3) is 0 Å². The van der Waals surface area contributed by atoms with Crippen LogP contribution in [0.4, 0.5) is 0 Å². The van der Waals surface area contributed by atoms with Crippen molar-refractivity contribution in [3.8, 4) is 0 Å². The minimum Gasteiger partial charge on any atom is -0.317 e. The van der Waals surface area contributed by atoms with Gasteiger partial charge in [0.15, 0.2) is 0 Å². The summed E-state index contributed by atoms with van der Waals surface area (Å²) in [5.41, 5.74) is 2.91. The van der Waals surface area contributed by atoms with Crippen molar-refractivity contribution in [2.75, 3.05) is 19.6 Å². The second kappa shape index (κ2) is 8.43. The zero-order valence-corrected chi connectivity index (χ0v) is 13.2. The summed E-state index contributed by atoms with van der Waals surface area (Å²) in [4.78, 5) is 2.65. The lowest BCUT2D eigenvalue weighted by Crippen LogP contribution is -2.32. The van der Waals surface area contributed by atoms with E-state index in [9.17, 15) is 0 Å². The Labute approximate surface area is 124 Å². The molecule has 1 saturated carbocycles. The van der Waals surface area contributed by atoms with Crippen LogP contribution in [0.25, 0.3) is 0 Å². The number of hydrogen-bond acceptors (Lipinski definition) is 2. The molecule has 0 aromatic heterocycles. The fraction of sp³-hybridized carbons (Fsp3) is 0.667. The summed E-state index contributed by atoms with van der Waals surface area (Å²) >= 11 is 0. The molecule has 1 aromatic carbocycles. The highest BCUT2D eigenvalue weighted by molar-refractivity contribution is 5.22. The van der Waals surface area contributed by atoms with Crippen molar-refractivity contribution in [1.82, 2.24) is 10.2 Å². The van der Waals surface area contributed by atoms with Crippen molar-refractivity contribution in [3.63, 3.8) is 0 Å². The monoisotopic (exact) mass is 274 g/mol. The van der Waals surface area contributed by atoms with Gasteiger partial charge >= 0.3 is 0 Å². The molecule has 0 aliphatic heterocycles. The first-order chi connectivity index (χ1) is 9.83. The number of likely N-dealkylation sites (N-methyl/N-ethyl adjacent to an activating group) is 1. The Morgan fingerprint density at radius 1 is 1.05 bits per heavy atom. The summed E-state index contributed by atoms with van der Waals surface area (Å²) in [5, 5.41) is 3.38. The Kier molecular flexibility index (Phi) is 6.55. The fourth-order valence-corrected chi connectivity index (χ4v) is 3.22. The zero-order valence-electron chi connectivity index (χ0n) is 13.2. The molecule has 1 fully saturated rings. The largest absolute Gasteiger partial charge is 0.317 e. The van der Waals surface area contributed by atoms with Gasteiger partial charge in [-0.05, 0) is 50.0 Å². The average Bonchev–Trinajstić information content (AvgIpc) is 3.00. The summed E-state index contributed by atoms with van der Waals surface area (Å²) in [6.45, 7) is 8.89. The third kappa shape index (κ3) is 4.60. The standard InChI is InChI=1S/C18H30N2/c1-3-19-14-13-16-9-11-17(12-10-16)15-20(4-2)18-7-5-6-8-18/h9-12,18-19H,3-8,13-15H2,1-2H3. The van der Waals surface area contributed by atoms with Crippen LogP contribution in [0.2, 0.25) is 0 Å². The predicted octanol–water partition coefficient (Wildman–Crippen LogP) is 3.60. The molecule has 1 aromatic rings. The molecule has 1 aliphatic carbocycles. The van der Waals surface area contributed by atoms with E-state index in [1.54, 1.807) is 0 Å². The highest BCUT2D eigenvalue weighted by Crippen LogP contribution is 2.24. The highest BCUT2D eigenvalue weighted by Gasteiger charge is 2.21. The first kappa shape index (κ1) is 15.5. The number of nitrogens with zero attached hydrogens (tertiary/aromatic N) is 1. The van der Waals surface area contributed by atoms with Crippen LogP contribution in [0.3, 0.4) is 0 Å². The van der Waals surface area contributed by atoms with Gasteiger partial charge in [-0.2, -0.15) is 0 Å². The van der Waals surface area contributed by atoms with Crippen LogP contribution >= 0.6 is 0 Å². The second-order valence-electron chi connectivity index (χ2n) is 5.92. The van der Waals surface area contributed by atoms with Crippen molar-refractivity contribution in [1.29, 1.82) is 0 Å². The number of rotatable bonds is 8. The Morgan fingerprint density at radius 3 is 2.30 bits per heavy atom. The van der Waals surface area contributed by atoms with Gasteiger partial charge < -0.3 is 5.32 Å². The minimum atomic E-state index is 0.827. The van der Waals surface area contributed by atoms with Crippen molar-refractivity contribution in [2.45, 2.75) is 58.5 Å². The number of hydrogen-bond donors (Lipinski definition) is 1. The quantitative estimate of drug-likeness (QED) is 0.729. The van der Waals surface area contributed by atoms with Crippen molar-refractivity contribution < 1.29 is 0 Å². The van der Waals surface area contributed by atoms with Crippen LogP contribution in [0, 0.1) is 0 Å². The zero-order chi connectivity index (χ0) is 14.2. The Bertz CT molecular complexity index is 366. The van der Waals surface area contributed by atoms with Crippen LogP contribution in [0.1, 0.15) is 50.7 Å². The van der Waals surface area contributed by atoms with E-state index >= 15 is 0 Å². The van der Waals surface area contributed by atoms with E-state index in [4.69, 9.17) is 0 Å². The van der Waals surface area contributed by atoms with Gasteiger partial charge in [0.1, 0.15) is 0 Å². The van der Waals surface area contributed by atoms with Gasteiger partial charge in [0.05, 0.1) is 0 Å². The van der Waals surface area contributed by atoms with Crippen LogP contribution in [0.15, 0.2) is 24.3 Å². The Morgan fingerprint density at radius 2 is 1.70 bits per heavy atom. The molecule has 0 radical (unpaired) electrons. The van der Waals surface area contributed by atoms with Crippen molar-refractivity contribution in [2.24, 2.45) is 0 Å². The van der Waals surface area contributed by atoms with Gasteiger partial charge in [-0.15, -0.1) is 0 Å². The predicted molar refractivity (Wildman–Crippen MR) is 87.0 cm³/mol. The molecular weight excluding hydrogens is 244 g/mol. The maximum atomic E-state index is 3.38. The fourth-order valence-electron chi connectivity index (χ4n) is 3.22. The molecule has 1 N–H and O–H groups in total. The number of benzene rings is 1. The SMILES string of the molecule is CCNCCc1ccc(CN(CC)C2CCCC2)cc1. The molecule has 0 amide bonds. The van der Waals surface area contributed by atoms with Crippen LogP contribution < -0.4 is 5.32 Å². The van der Waals surface area contributed by atoms with Gasteiger partial charge in [0.2, 0.25) is 0 Å². The van der Waals surface area contributed by atoms with E-state index in [-0.39, 0.29) is 0 Å². The molecule has 0 bridgehead atoms. The van der Waals surface area contributed by atoms with Crippen molar-refractivity contribution >= 4 is 0 Å². The van der Waals surface area contributed by atoms with E-state index in [2.05, 4.69) is 48.3 Å². The second-order valence-corrected chi connectivity index (χ2v) is 5.92. The van der Waals surface area contributed by atoms with E-state index in [1.807, 2.05) is 0 Å². The normalized spacial score (nSPS) is 16.1. The lowest BCUT2D eigenvalue weighted by atomic mass is 10.1. The van der Waals surface area contributed by atoms with E-state index in [0.717, 1.165) is 32.1 Å². The van der Waals surface area contributed by atoms with E-state index in [1.165, 1.54) is 43.4 Å². The highest BCUT2D eigenvalue weighted by atomic mass is 15.1. The third-order valence-corrected chi connectivity index (χ3v) is 4.50. The number of nitrogens with one attached hydrogen (secondary N) is 1. The Balaban J connectivity index is 1.85. The first-order valence-corrected chi connectivity index (χ1v) is 8.36. The molecule has 0 heterocycles. The Hall–Kier alpha value is -0.860. The molecule has 2 heteroatoms. The summed E-state index contributed by atoms with van der Waals surface area (Å²) in [7, 11) is 0. The first-order valence-electron chi connectivity index (χ1n) is 8.36. The molecule has 20 heavy (non-hydrogen) atoms. The lowest BCUT2D eigenvalue weighted by molar-refractivity contribution is 0.200. The third-order valence-electron chi connectivity index (χ3n) is 4.50. The lowest BCUT2D eigenvalue weighted by Gasteiger charge is -2.27. The molecule has 112 valence electrons. The molecule has 1 aliphatic rings. The van der Waals surface area contributed by atoms with Gasteiger partial charge in [0, 0.05) is 12.6 Å². The van der Waals surface area contributed by atoms with Crippen LogP contribution in [-0.2, 0) is 13.0 Å². The molecule has 0 unspecified atom stereocenters. The van der Waals surface area contributed by atoms with Gasteiger partial charge in [-0.3, -0.25) is 4.90 Å². The summed E-state index contributed by atoms with van der Waals surface area (Å²) in [6, 6.07) is 10.1. The van der Waals surface area contributed by atoms with Crippen molar-refractivity contribution in [3.05, 3.63) is 35.4 Å². The summed E-state index contributed by atoms with van der Waals surface area (Å²) in [5.74, 6) is 0. The summed E-state index contributed by atoms with van der Waals surface area (Å²) in [6.07, 6.45) is 6.77. The van der Waals surface area contributed by atoms with Gasteiger partial charge in [-0.1, -0.05) is 51.0 Å².